The van der Waals surface area contributed by atoms with Crippen LogP contribution < -0.4 is 21.3 Å². The highest BCUT2D eigenvalue weighted by molar-refractivity contribution is 7.17. The van der Waals surface area contributed by atoms with Gasteiger partial charge in [0.2, 0.25) is 0 Å². The van der Waals surface area contributed by atoms with E-state index in [4.69, 9.17) is 4.74 Å². The second kappa shape index (κ2) is 21.8. The Morgan fingerprint density at radius 2 is 1.42 bits per heavy atom. The first-order valence-electron chi connectivity index (χ1n) is 23.7. The van der Waals surface area contributed by atoms with Crippen molar-refractivity contribution in [3.63, 3.8) is 0 Å². The molecule has 4 aromatic heterocycles. The van der Waals surface area contributed by atoms with Crippen molar-refractivity contribution in [2.75, 3.05) is 43.5 Å². The highest BCUT2D eigenvalue weighted by atomic mass is 32.1. The molecule has 3 saturated heterocycles. The predicted octanol–water partition coefficient (Wildman–Crippen LogP) is 6.54. The SMILES string of the molecule is CC[C@H](C)Nc1cc(C)c(-c2sc(C(=O)N[C@H](C)CO)nc2C(=O)N2CCC[C@@H]2C)cn1.Cc1cc(N[C@@H](C)C2CC2)ncc1-c1sc(C(=O)N[C@@H]2COC[C@@H]2O)nc1C(=O)N1CC(F)(F)C[C@@H]1C. The van der Waals surface area contributed by atoms with Crippen LogP contribution in [-0.4, -0.2) is 145 Å². The van der Waals surface area contributed by atoms with Crippen molar-refractivity contribution in [2.45, 2.75) is 142 Å². The van der Waals surface area contributed by atoms with Crippen molar-refractivity contribution < 1.29 is 42.9 Å². The van der Waals surface area contributed by atoms with Gasteiger partial charge in [-0.1, -0.05) is 6.92 Å². The maximum absolute atomic E-state index is 14.1. The van der Waals surface area contributed by atoms with Crippen molar-refractivity contribution in [1.82, 2.24) is 40.4 Å². The Morgan fingerprint density at radius 3 is 1.90 bits per heavy atom. The Morgan fingerprint density at radius 1 is 0.841 bits per heavy atom. The average molecular weight is 995 g/mol. The molecule has 4 aliphatic rings. The highest BCUT2D eigenvalue weighted by Crippen LogP contribution is 2.39. The van der Waals surface area contributed by atoms with Gasteiger partial charge in [-0.05, 0) is 110 Å². The standard InChI is InChI=1S/C25H31F2N5O4S.C23H33N5O3S/c1-12-6-19(29-14(3)15-4-5-15)28-8-16(12)21-20(24(35)32-11-25(26,27)7-13(32)2)31-23(37-21)22(34)30-17-9-36-10-18(17)33;1-6-14(3)25-18-10-13(2)17(11-24-18)20-19(23(31)28-9-7-8-16(28)5)27-22(32-20)21(30)26-15(4)12-29/h6,8,13-15,17-18,33H,4-5,7,9-11H2,1-3H3,(H,28,29)(H,30,34);10-11,14-16,29H,6-9,12H2,1-5H3,(H,24,25)(H,26,30)/t13-,14-,17+,18-;14-,15+,16-/m00/s1. The fourth-order valence-electron chi connectivity index (χ4n) is 8.57. The number of ether oxygens (including phenoxy) is 1. The second-order valence-electron chi connectivity index (χ2n) is 19.0. The molecule has 374 valence electrons. The second-order valence-corrected chi connectivity index (χ2v) is 21.0. The summed E-state index contributed by atoms with van der Waals surface area (Å²) >= 11 is 2.19. The minimum Gasteiger partial charge on any atom is -0.394 e. The molecule has 0 spiro atoms. The fraction of sp³-hybridized carbons (Fsp3) is 0.583. The van der Waals surface area contributed by atoms with Crippen LogP contribution in [-0.2, 0) is 4.74 Å². The molecule has 1 aliphatic carbocycles. The van der Waals surface area contributed by atoms with Gasteiger partial charge in [-0.2, -0.15) is 0 Å². The Labute approximate surface area is 409 Å². The monoisotopic (exact) mass is 994 g/mol. The topological polar surface area (TPSA) is 224 Å². The number of aliphatic hydroxyl groups is 2. The molecule has 21 heteroatoms. The summed E-state index contributed by atoms with van der Waals surface area (Å²) in [6.45, 7) is 15.6. The van der Waals surface area contributed by atoms with Gasteiger partial charge in [-0.15, -0.1) is 22.7 Å². The van der Waals surface area contributed by atoms with Crippen LogP contribution >= 0.6 is 22.7 Å². The van der Waals surface area contributed by atoms with E-state index in [1.54, 1.807) is 26.2 Å². The number of nitrogens with one attached hydrogen (secondary N) is 4. The van der Waals surface area contributed by atoms with Crippen molar-refractivity contribution in [2.24, 2.45) is 5.92 Å². The number of alkyl halides is 2. The molecule has 17 nitrogen and oxygen atoms in total. The zero-order chi connectivity index (χ0) is 49.9. The summed E-state index contributed by atoms with van der Waals surface area (Å²) in [4.78, 5) is 74.4. The number of halogens is 2. The highest BCUT2D eigenvalue weighted by Gasteiger charge is 2.46. The number of carbonyl (C=O) groups is 4. The van der Waals surface area contributed by atoms with Crippen molar-refractivity contribution in [1.29, 1.82) is 0 Å². The van der Waals surface area contributed by atoms with E-state index in [0.717, 1.165) is 58.0 Å². The molecule has 4 fully saturated rings. The summed E-state index contributed by atoms with van der Waals surface area (Å²) in [6, 6.07) is 2.90. The van der Waals surface area contributed by atoms with Crippen LogP contribution in [0.1, 0.15) is 132 Å². The number of pyridine rings is 2. The number of aryl methyl sites for hydroxylation is 2. The van der Waals surface area contributed by atoms with E-state index < -0.39 is 60.8 Å². The summed E-state index contributed by atoms with van der Waals surface area (Å²) in [5.41, 5.74) is 3.39. The minimum atomic E-state index is -2.98. The molecule has 69 heavy (non-hydrogen) atoms. The zero-order valence-electron chi connectivity index (χ0n) is 40.4. The lowest BCUT2D eigenvalue weighted by Gasteiger charge is -2.21. The van der Waals surface area contributed by atoms with Gasteiger partial charge in [0.25, 0.3) is 29.6 Å². The predicted molar refractivity (Wildman–Crippen MR) is 261 cm³/mol. The molecule has 3 aliphatic heterocycles. The van der Waals surface area contributed by atoms with Crippen LogP contribution in [0.15, 0.2) is 24.5 Å². The lowest BCUT2D eigenvalue weighted by atomic mass is 10.1. The van der Waals surface area contributed by atoms with Gasteiger partial charge in [0.05, 0.1) is 48.3 Å². The zero-order valence-corrected chi connectivity index (χ0v) is 42.0. The van der Waals surface area contributed by atoms with E-state index in [0.29, 0.717) is 45.7 Å². The van der Waals surface area contributed by atoms with Gasteiger partial charge < -0.3 is 46.0 Å². The number of aromatic nitrogens is 4. The van der Waals surface area contributed by atoms with Crippen molar-refractivity contribution in [3.8, 4) is 20.9 Å². The van der Waals surface area contributed by atoms with Gasteiger partial charge in [0.1, 0.15) is 23.0 Å². The molecule has 0 aromatic carbocycles. The summed E-state index contributed by atoms with van der Waals surface area (Å²) in [5, 5.41) is 31.6. The smallest absolute Gasteiger partial charge is 0.280 e. The summed E-state index contributed by atoms with van der Waals surface area (Å²) in [7, 11) is 0. The molecule has 7 heterocycles. The summed E-state index contributed by atoms with van der Waals surface area (Å²) < 4.78 is 33.4. The number of nitrogens with zero attached hydrogens (tertiary/aromatic N) is 6. The fourth-order valence-corrected chi connectivity index (χ4v) is 10.6. The van der Waals surface area contributed by atoms with Gasteiger partial charge in [0, 0.05) is 66.7 Å². The number of thiazole rings is 2. The maximum atomic E-state index is 14.1. The molecule has 8 rings (SSSR count). The lowest BCUT2D eigenvalue weighted by Crippen LogP contribution is -2.42. The van der Waals surface area contributed by atoms with Crippen molar-refractivity contribution >= 4 is 57.9 Å². The number of rotatable bonds is 15. The van der Waals surface area contributed by atoms with Crippen LogP contribution in [0.2, 0.25) is 0 Å². The van der Waals surface area contributed by atoms with Gasteiger partial charge in [0.15, 0.2) is 10.0 Å². The Bertz CT molecular complexity index is 2520. The number of carbonyl (C=O) groups excluding carboxylic acids is 4. The molecule has 4 amide bonds. The molecule has 7 atom stereocenters. The molecular weight excluding hydrogens is 931 g/mol. The van der Waals surface area contributed by atoms with E-state index in [1.807, 2.05) is 37.8 Å². The Balaban J connectivity index is 0.000000206. The number of hydrogen-bond donors (Lipinski definition) is 6. The summed E-state index contributed by atoms with van der Waals surface area (Å²) in [6.07, 6.45) is 7.39. The van der Waals surface area contributed by atoms with Crippen LogP contribution in [0.4, 0.5) is 20.4 Å². The first-order valence-corrected chi connectivity index (χ1v) is 25.4. The molecule has 0 radical (unpaired) electrons. The maximum Gasteiger partial charge on any atom is 0.280 e. The first-order chi connectivity index (χ1) is 32.8. The van der Waals surface area contributed by atoms with Crippen LogP contribution in [0.25, 0.3) is 20.9 Å². The molecule has 0 unspecified atom stereocenters. The van der Waals surface area contributed by atoms with E-state index in [-0.39, 0.29) is 53.2 Å². The Kier molecular flexibility index (Phi) is 16.3. The van der Waals surface area contributed by atoms with E-state index in [9.17, 15) is 38.2 Å². The third kappa shape index (κ3) is 12.2. The molecule has 4 aromatic rings. The normalized spacial score (nSPS) is 22.1. The third-order valence-corrected chi connectivity index (χ3v) is 15.3. The van der Waals surface area contributed by atoms with E-state index in [2.05, 4.69) is 62.0 Å². The minimum absolute atomic E-state index is 0.0000161. The number of anilines is 2. The molecule has 6 N–H and O–H groups in total. The lowest BCUT2D eigenvalue weighted by molar-refractivity contribution is 0.0117. The first kappa shape index (κ1) is 51.6. The third-order valence-electron chi connectivity index (χ3n) is 13.1. The van der Waals surface area contributed by atoms with Crippen LogP contribution in [0.5, 0.6) is 0 Å². The number of likely N-dealkylation sites (tertiary alicyclic amines) is 2. The van der Waals surface area contributed by atoms with Gasteiger partial charge in [-0.25, -0.2) is 28.7 Å². The quantitative estimate of drug-likeness (QED) is 0.0745. The molecule has 1 saturated carbocycles. The van der Waals surface area contributed by atoms with E-state index in [1.165, 1.54) is 24.2 Å². The largest absolute Gasteiger partial charge is 0.394 e. The molecular formula is C48H64F2N10O7S2. The number of hydrogen-bond acceptors (Lipinski definition) is 15. The van der Waals surface area contributed by atoms with Crippen LogP contribution in [0.3, 0.4) is 0 Å². The average Bonchev–Trinajstić information content (AvgIpc) is 3.64. The van der Waals surface area contributed by atoms with E-state index >= 15 is 0 Å². The van der Waals surface area contributed by atoms with Gasteiger partial charge >= 0.3 is 0 Å². The summed E-state index contributed by atoms with van der Waals surface area (Å²) in [5.74, 6) is -2.63. The van der Waals surface area contributed by atoms with Gasteiger partial charge in [-0.3, -0.25) is 19.2 Å². The molecule has 0 bridgehead atoms. The number of aliphatic hydroxyl groups excluding tert-OH is 2. The van der Waals surface area contributed by atoms with Crippen LogP contribution in [0, 0.1) is 19.8 Å². The van der Waals surface area contributed by atoms with Crippen molar-refractivity contribution in [3.05, 3.63) is 57.1 Å². The number of amides is 4. The Hall–Kier alpha value is -5.22.